The number of rotatable bonds is 4. The topological polar surface area (TPSA) is 64.2 Å². The van der Waals surface area contributed by atoms with Crippen molar-refractivity contribution in [1.29, 1.82) is 0 Å². The Hall–Kier alpha value is -2.79. The summed E-state index contributed by atoms with van der Waals surface area (Å²) in [7, 11) is 0. The number of aliphatic imine (C=N–C) groups is 1. The molecule has 0 aliphatic rings. The first kappa shape index (κ1) is 16.1. The van der Waals surface area contributed by atoms with Gasteiger partial charge in [0.25, 0.3) is 0 Å². The van der Waals surface area contributed by atoms with Crippen molar-refractivity contribution in [1.82, 2.24) is 9.97 Å². The van der Waals surface area contributed by atoms with E-state index in [0.717, 1.165) is 31.9 Å². The number of fused-ring (bicyclic) bond motifs is 1. The molecule has 4 nitrogen and oxygen atoms in total. The molecule has 0 unspecified atom stereocenters. The van der Waals surface area contributed by atoms with E-state index >= 15 is 0 Å². The molecule has 0 aliphatic heterocycles. The van der Waals surface area contributed by atoms with E-state index in [1.54, 1.807) is 30.9 Å². The first-order chi connectivity index (χ1) is 11.7. The summed E-state index contributed by atoms with van der Waals surface area (Å²) in [6.07, 6.45) is 10.2. The Morgan fingerprint density at radius 2 is 1.96 bits per heavy atom. The predicted molar refractivity (Wildman–Crippen MR) is 104 cm³/mol. The van der Waals surface area contributed by atoms with Gasteiger partial charge in [0, 0.05) is 57.4 Å². The minimum atomic E-state index is 0.640. The van der Waals surface area contributed by atoms with Gasteiger partial charge in [-0.05, 0) is 27.6 Å². The molecule has 0 saturated heterocycles. The summed E-state index contributed by atoms with van der Waals surface area (Å²) in [6, 6.07) is 9.92. The largest absolute Gasteiger partial charge is 0.404 e. The normalized spacial score (nSPS) is 12.0. The standard InChI is InChI=1S/C19H15BrN4/c1-2-13-7-14(10-22-9-13)15(8-21)11-23-19-17-6-4-3-5-16(17)18(20)12-24-19/h2-12H,1,21H2/b15-8+,23-11?. The molecule has 3 rings (SSSR count). The van der Waals surface area contributed by atoms with Gasteiger partial charge in [0.15, 0.2) is 5.82 Å². The highest BCUT2D eigenvalue weighted by molar-refractivity contribution is 9.10. The van der Waals surface area contributed by atoms with Crippen molar-refractivity contribution in [3.63, 3.8) is 0 Å². The van der Waals surface area contributed by atoms with Crippen LogP contribution < -0.4 is 5.73 Å². The van der Waals surface area contributed by atoms with E-state index in [9.17, 15) is 0 Å². The molecule has 1 aromatic carbocycles. The smallest absolute Gasteiger partial charge is 0.159 e. The van der Waals surface area contributed by atoms with Crippen molar-refractivity contribution < 1.29 is 0 Å². The summed E-state index contributed by atoms with van der Waals surface area (Å²) in [5.74, 6) is 0.640. The van der Waals surface area contributed by atoms with E-state index in [1.165, 1.54) is 6.20 Å². The molecule has 0 fully saturated rings. The van der Waals surface area contributed by atoms with E-state index in [0.29, 0.717) is 5.82 Å². The summed E-state index contributed by atoms with van der Waals surface area (Å²) < 4.78 is 0.939. The Morgan fingerprint density at radius 1 is 1.17 bits per heavy atom. The molecule has 0 radical (unpaired) electrons. The minimum absolute atomic E-state index is 0.640. The fourth-order valence-electron chi connectivity index (χ4n) is 2.32. The highest BCUT2D eigenvalue weighted by Crippen LogP contribution is 2.29. The molecule has 0 amide bonds. The van der Waals surface area contributed by atoms with Gasteiger partial charge in [-0.3, -0.25) is 4.98 Å². The van der Waals surface area contributed by atoms with E-state index in [1.807, 2.05) is 30.3 Å². The zero-order chi connectivity index (χ0) is 16.9. The molecule has 2 aromatic heterocycles. The quantitative estimate of drug-likeness (QED) is 0.666. The van der Waals surface area contributed by atoms with Gasteiger partial charge in [0.2, 0.25) is 0 Å². The SMILES string of the molecule is C=Cc1cncc(/C(C=Nc2ncc(Br)c3ccccc23)=C/N)c1. The van der Waals surface area contributed by atoms with Crippen LogP contribution in [0.5, 0.6) is 0 Å². The lowest BCUT2D eigenvalue weighted by Crippen LogP contribution is -1.93. The van der Waals surface area contributed by atoms with Crippen LogP contribution in [0.4, 0.5) is 5.82 Å². The highest BCUT2D eigenvalue weighted by Gasteiger charge is 2.05. The highest BCUT2D eigenvalue weighted by atomic mass is 79.9. The maximum absolute atomic E-state index is 5.76. The van der Waals surface area contributed by atoms with Crippen molar-refractivity contribution in [2.24, 2.45) is 10.7 Å². The average Bonchev–Trinajstić information content (AvgIpc) is 2.64. The van der Waals surface area contributed by atoms with Crippen LogP contribution in [0.3, 0.4) is 0 Å². The third-order valence-corrected chi connectivity index (χ3v) is 4.19. The summed E-state index contributed by atoms with van der Waals surface area (Å²) in [4.78, 5) is 13.1. The third kappa shape index (κ3) is 3.26. The molecule has 118 valence electrons. The Bertz CT molecular complexity index is 960. The van der Waals surface area contributed by atoms with Gasteiger partial charge in [-0.15, -0.1) is 0 Å². The number of hydrogen-bond acceptors (Lipinski definition) is 4. The van der Waals surface area contributed by atoms with Crippen molar-refractivity contribution in [2.75, 3.05) is 0 Å². The fraction of sp³-hybridized carbons (Fsp3) is 0. The Labute approximate surface area is 148 Å². The van der Waals surface area contributed by atoms with Crippen LogP contribution in [0.2, 0.25) is 0 Å². The summed E-state index contributed by atoms with van der Waals surface area (Å²) >= 11 is 3.51. The number of nitrogens with two attached hydrogens (primary N) is 1. The van der Waals surface area contributed by atoms with Crippen molar-refractivity contribution in [3.05, 3.63) is 77.3 Å². The first-order valence-corrected chi connectivity index (χ1v) is 8.09. The van der Waals surface area contributed by atoms with Gasteiger partial charge in [-0.2, -0.15) is 0 Å². The molecule has 0 aliphatic carbocycles. The molecular formula is C19H15BrN4. The number of hydrogen-bond donors (Lipinski definition) is 1. The second kappa shape index (κ2) is 7.19. The third-order valence-electron chi connectivity index (χ3n) is 3.56. The van der Waals surface area contributed by atoms with E-state index in [-0.39, 0.29) is 0 Å². The molecule has 0 bridgehead atoms. The molecule has 0 atom stereocenters. The summed E-state index contributed by atoms with van der Waals surface area (Å²) in [5, 5.41) is 2.03. The van der Waals surface area contributed by atoms with Gasteiger partial charge in [-0.1, -0.05) is 36.9 Å². The second-order valence-electron chi connectivity index (χ2n) is 5.07. The minimum Gasteiger partial charge on any atom is -0.404 e. The Kier molecular flexibility index (Phi) is 4.82. The predicted octanol–water partition coefficient (Wildman–Crippen LogP) is 4.74. The van der Waals surface area contributed by atoms with Crippen molar-refractivity contribution in [3.8, 4) is 0 Å². The number of benzene rings is 1. The van der Waals surface area contributed by atoms with Crippen LogP contribution in [0.15, 0.2) is 71.2 Å². The molecule has 3 aromatic rings. The van der Waals surface area contributed by atoms with Crippen LogP contribution in [0.25, 0.3) is 22.4 Å². The van der Waals surface area contributed by atoms with Crippen LogP contribution in [-0.2, 0) is 0 Å². The summed E-state index contributed by atoms with van der Waals surface area (Å²) in [6.45, 7) is 3.75. The van der Waals surface area contributed by atoms with Gasteiger partial charge >= 0.3 is 0 Å². The lowest BCUT2D eigenvalue weighted by Gasteiger charge is -2.04. The second-order valence-corrected chi connectivity index (χ2v) is 5.92. The molecule has 5 heteroatoms. The van der Waals surface area contributed by atoms with Crippen molar-refractivity contribution in [2.45, 2.75) is 0 Å². The molecule has 24 heavy (non-hydrogen) atoms. The van der Waals surface area contributed by atoms with Gasteiger partial charge in [-0.25, -0.2) is 9.98 Å². The number of nitrogens with zero attached hydrogens (tertiary/aromatic N) is 3. The monoisotopic (exact) mass is 378 g/mol. The number of pyridine rings is 2. The zero-order valence-corrected chi connectivity index (χ0v) is 14.4. The zero-order valence-electron chi connectivity index (χ0n) is 12.9. The molecular weight excluding hydrogens is 364 g/mol. The molecule has 2 N–H and O–H groups in total. The van der Waals surface area contributed by atoms with Crippen LogP contribution >= 0.6 is 15.9 Å². The first-order valence-electron chi connectivity index (χ1n) is 7.30. The van der Waals surface area contributed by atoms with E-state index in [2.05, 4.69) is 37.5 Å². The van der Waals surface area contributed by atoms with Crippen LogP contribution in [0.1, 0.15) is 11.1 Å². The maximum Gasteiger partial charge on any atom is 0.159 e. The Morgan fingerprint density at radius 3 is 2.71 bits per heavy atom. The van der Waals surface area contributed by atoms with Gasteiger partial charge in [0.05, 0.1) is 0 Å². The number of aromatic nitrogens is 2. The number of halogens is 1. The maximum atomic E-state index is 5.76. The van der Waals surface area contributed by atoms with E-state index < -0.39 is 0 Å². The van der Waals surface area contributed by atoms with Gasteiger partial charge < -0.3 is 5.73 Å². The summed E-state index contributed by atoms with van der Waals surface area (Å²) in [5.41, 5.74) is 8.32. The van der Waals surface area contributed by atoms with Gasteiger partial charge in [0.1, 0.15) is 0 Å². The van der Waals surface area contributed by atoms with Crippen LogP contribution in [0, 0.1) is 0 Å². The Balaban J connectivity index is 2.00. The molecule has 0 spiro atoms. The van der Waals surface area contributed by atoms with Crippen LogP contribution in [-0.4, -0.2) is 16.2 Å². The lowest BCUT2D eigenvalue weighted by atomic mass is 10.1. The van der Waals surface area contributed by atoms with Crippen molar-refractivity contribution >= 4 is 50.4 Å². The molecule has 0 saturated carbocycles. The molecule has 2 heterocycles. The number of allylic oxidation sites excluding steroid dienone is 1. The van der Waals surface area contributed by atoms with E-state index in [4.69, 9.17) is 5.73 Å². The average molecular weight is 379 g/mol. The fourth-order valence-corrected chi connectivity index (χ4v) is 2.77. The lowest BCUT2D eigenvalue weighted by molar-refractivity contribution is 1.29.